The van der Waals surface area contributed by atoms with E-state index in [1.54, 1.807) is 0 Å². The number of carbonyl (C=O) groups is 6. The third-order valence-electron chi connectivity index (χ3n) is 15.9. The van der Waals surface area contributed by atoms with Crippen LogP contribution in [-0.4, -0.2) is 374 Å². The molecule has 0 radical (unpaired) electrons. The Morgan fingerprint density at radius 3 is 1.33 bits per heavy atom. The van der Waals surface area contributed by atoms with Gasteiger partial charge in [-0.05, 0) is 0 Å². The summed E-state index contributed by atoms with van der Waals surface area (Å²) in [5.74, 6) is -25.3. The van der Waals surface area contributed by atoms with Crippen molar-refractivity contribution in [2.45, 2.75) is 222 Å². The Hall–Kier alpha value is -4.19. The first-order valence-electron chi connectivity index (χ1n) is 28.0. The number of aliphatic hydroxyl groups is 17. The Bertz CT molecular complexity index is 2630. The van der Waals surface area contributed by atoms with Gasteiger partial charge in [-0.1, -0.05) is 0 Å². The lowest BCUT2D eigenvalue weighted by molar-refractivity contribution is -0.395. The van der Waals surface area contributed by atoms with Crippen molar-refractivity contribution in [1.29, 1.82) is 0 Å². The minimum absolute atomic E-state index is 0.785. The molecule has 6 aliphatic rings. The van der Waals surface area contributed by atoms with Crippen LogP contribution < -0.4 is 10.6 Å². The largest absolute Gasteiger partial charge is 0.477 e. The van der Waals surface area contributed by atoms with E-state index in [0.29, 0.717) is 0 Å². The molecular weight excluding hydrogens is 1310 g/mol. The molecule has 0 aromatic rings. The number of carboxylic acids is 4. The summed E-state index contributed by atoms with van der Waals surface area (Å²) in [6, 6.07) is -3.61. The average Bonchev–Trinajstić information content (AvgIpc) is 0.749. The van der Waals surface area contributed by atoms with E-state index in [-0.39, 0.29) is 0 Å². The summed E-state index contributed by atoms with van der Waals surface area (Å²) in [6.45, 7) is -6.30. The fourth-order valence-electron chi connectivity index (χ4n) is 11.2. The molecule has 0 aliphatic carbocycles. The maximum atomic E-state index is 13.9. The standard InChI is InChI=1S/C48H77N2O42P/c1-13(54)49-25-32(67)29(64)23(84-39(25)69)11-81-40-26(50-14(2)55)33(68)38(92-93(78,79)80)24(85-40)12-83-46(42(72)73)5-21(30(65)36(89-46)19(60)9-53)87-48(44(76)77)6-22(86-47(43(74)75)4-16(57)28(63)35(90-47)18(59)8-52)31(66)37(91-48)20(61)10-82-45(41(70)71)3-15(56)27(62)34(88-45)17(58)7-51/h15-40,51-53,56-69H,3-12H2,1-2H3,(H,49,54)(H,50,55)(H,70,71)(H,72,73)(H,74,75)(H,76,77)(H2,78,79,80)/t15-,16-,17?,18-,19-,20-,21-,22-,23-,24-,25-,26-,27-,28-,29-,30-,31-,32-,33-,34-,35-,36-,37-,38-,39+,40-,45-,46-,47-,48-/m1/s1. The number of aliphatic carboxylic acids is 4. The molecule has 30 atom stereocenters. The molecule has 6 fully saturated rings. The number of rotatable bonds is 28. The number of carboxylic acid groups (broad SMARTS) is 4. The minimum Gasteiger partial charge on any atom is -0.477 e. The van der Waals surface area contributed by atoms with E-state index in [9.17, 15) is 150 Å². The third kappa shape index (κ3) is 17.2. The smallest absolute Gasteiger partial charge is 0.470 e. The third-order valence-corrected chi connectivity index (χ3v) is 16.5. The van der Waals surface area contributed by atoms with Gasteiger partial charge in [-0.15, -0.1) is 0 Å². The Morgan fingerprint density at radius 2 is 0.892 bits per heavy atom. The second-order valence-corrected chi connectivity index (χ2v) is 23.8. The lowest BCUT2D eigenvalue weighted by atomic mass is 9.88. The molecule has 0 aromatic carbocycles. The van der Waals surface area contributed by atoms with Crippen LogP contribution in [0.2, 0.25) is 0 Å². The van der Waals surface area contributed by atoms with Crippen LogP contribution in [0.25, 0.3) is 0 Å². The molecule has 6 saturated heterocycles. The van der Waals surface area contributed by atoms with Gasteiger partial charge in [0.2, 0.25) is 11.8 Å². The predicted octanol–water partition coefficient (Wildman–Crippen LogP) is -14.3. The zero-order valence-electron chi connectivity index (χ0n) is 48.6. The van der Waals surface area contributed by atoms with Crippen LogP contribution in [0.5, 0.6) is 0 Å². The van der Waals surface area contributed by atoms with Gasteiger partial charge in [0.15, 0.2) is 12.6 Å². The van der Waals surface area contributed by atoms with Crippen molar-refractivity contribution in [3.63, 3.8) is 0 Å². The average molecular weight is 1390 g/mol. The molecule has 1 unspecified atom stereocenters. The van der Waals surface area contributed by atoms with Gasteiger partial charge in [0.25, 0.3) is 23.1 Å². The van der Waals surface area contributed by atoms with Gasteiger partial charge >= 0.3 is 31.7 Å². The van der Waals surface area contributed by atoms with Crippen molar-refractivity contribution in [2.24, 2.45) is 0 Å². The quantitative estimate of drug-likeness (QED) is 0.0324. The Labute approximate surface area is 521 Å². The normalized spacial score (nSPS) is 43.0. The van der Waals surface area contributed by atoms with E-state index in [2.05, 4.69) is 10.6 Å². The highest BCUT2D eigenvalue weighted by Gasteiger charge is 2.65. The van der Waals surface area contributed by atoms with Gasteiger partial charge in [-0.2, -0.15) is 0 Å². The molecular formula is C48H77N2O42P. The first-order chi connectivity index (χ1) is 43.2. The number of nitrogens with one attached hydrogen (secondary N) is 2. The van der Waals surface area contributed by atoms with Gasteiger partial charge in [0.05, 0.1) is 64.1 Å². The SMILES string of the molecule is CC(=O)N[C@@H]1[C@@H](O)[C@H](O)[C@@H](CO[C@@H]2O[C@H](CO[C@]3(C(=O)O)C[C@@H](O[C@]4(C(=O)O)C[C@@H](O[C@]5(C(=O)O)C[C@@H](O)[C@@H](O)[C@@H]([C@H](O)CO)O5)[C@@H](O)[C@@H]([C@H](O)CO[C@]5(C(=O)O)C[C@@H](O)[C@@H](O)[C@@H](C(O)CO)O5)O4)[C@@H](O)[C@@H]([C@H](O)CO)O3)[C@@H](OP(=O)(O)O)[C@H](O)[C@H]2NC(C)=O)O[C@@H]1O. The molecule has 25 N–H and O–H groups in total. The van der Waals surface area contributed by atoms with E-state index in [4.69, 9.17) is 56.6 Å². The molecule has 93 heavy (non-hydrogen) atoms. The van der Waals surface area contributed by atoms with E-state index < -0.39 is 291 Å². The van der Waals surface area contributed by atoms with Crippen molar-refractivity contribution in [1.82, 2.24) is 10.6 Å². The summed E-state index contributed by atoms with van der Waals surface area (Å²) in [6.07, 6.45) is -62.3. The zero-order chi connectivity index (χ0) is 69.9. The number of carbonyl (C=O) groups excluding carboxylic acids is 2. The molecule has 45 heteroatoms. The number of phosphoric ester groups is 1. The Balaban J connectivity index is 1.41. The predicted molar refractivity (Wildman–Crippen MR) is 278 cm³/mol. The van der Waals surface area contributed by atoms with Crippen molar-refractivity contribution >= 4 is 43.5 Å². The molecule has 6 heterocycles. The van der Waals surface area contributed by atoms with Crippen LogP contribution in [0, 0.1) is 0 Å². The Kier molecular flexibility index (Phi) is 26.0. The zero-order valence-corrected chi connectivity index (χ0v) is 49.5. The molecule has 6 rings (SSSR count). The number of hydrogen-bond donors (Lipinski definition) is 25. The number of amides is 2. The minimum atomic E-state index is -5.86. The highest BCUT2D eigenvalue weighted by Crippen LogP contribution is 2.46. The number of phosphoric acid groups is 1. The fraction of sp³-hybridized carbons (Fsp3) is 0.875. The van der Waals surface area contributed by atoms with Gasteiger partial charge in [-0.3, -0.25) is 14.1 Å². The maximum absolute atomic E-state index is 13.9. The second kappa shape index (κ2) is 31.1. The summed E-state index contributed by atoms with van der Waals surface area (Å²) in [5.41, 5.74) is 0. The molecule has 536 valence electrons. The maximum Gasteiger partial charge on any atom is 0.470 e. The van der Waals surface area contributed by atoms with E-state index in [1.165, 1.54) is 0 Å². The van der Waals surface area contributed by atoms with Crippen molar-refractivity contribution in [2.75, 3.05) is 39.6 Å². The summed E-state index contributed by atoms with van der Waals surface area (Å²) in [4.78, 5) is 97.7. The topological polar surface area (TPSA) is 720 Å². The molecule has 2 amide bonds. The number of ether oxygens (including phenoxy) is 11. The van der Waals surface area contributed by atoms with E-state index >= 15 is 0 Å². The molecule has 0 spiro atoms. The van der Waals surface area contributed by atoms with Gasteiger partial charge < -0.3 is 180 Å². The lowest BCUT2D eigenvalue weighted by Crippen LogP contribution is -2.70. The highest BCUT2D eigenvalue weighted by atomic mass is 31.2. The van der Waals surface area contributed by atoms with Crippen molar-refractivity contribution in [3.8, 4) is 0 Å². The van der Waals surface area contributed by atoms with Crippen LogP contribution in [0.15, 0.2) is 0 Å². The number of hydrogen-bond acceptors (Lipinski definition) is 36. The molecule has 44 nitrogen and oxygen atoms in total. The van der Waals surface area contributed by atoms with E-state index in [1.807, 2.05) is 0 Å². The lowest BCUT2D eigenvalue weighted by Gasteiger charge is -2.52. The number of aliphatic hydroxyl groups excluding tert-OH is 17. The van der Waals surface area contributed by atoms with Crippen LogP contribution in [0.3, 0.4) is 0 Å². The molecule has 0 aromatic heterocycles. The summed E-state index contributed by atoms with van der Waals surface area (Å²) >= 11 is 0. The van der Waals surface area contributed by atoms with Crippen LogP contribution in [0.4, 0.5) is 0 Å². The van der Waals surface area contributed by atoms with Crippen LogP contribution in [0.1, 0.15) is 39.5 Å². The summed E-state index contributed by atoms with van der Waals surface area (Å²) in [7, 11) is -5.86. The van der Waals surface area contributed by atoms with Gasteiger partial charge in [-0.25, -0.2) is 23.7 Å². The summed E-state index contributed by atoms with van der Waals surface area (Å²) in [5, 5.41) is 231. The van der Waals surface area contributed by atoms with Gasteiger partial charge in [0.1, 0.15) is 122 Å². The summed E-state index contributed by atoms with van der Waals surface area (Å²) < 4.78 is 78.5. The monoisotopic (exact) mass is 1380 g/mol. The van der Waals surface area contributed by atoms with E-state index in [0.717, 1.165) is 13.8 Å². The highest BCUT2D eigenvalue weighted by molar-refractivity contribution is 7.46. The Morgan fingerprint density at radius 1 is 0.495 bits per heavy atom. The van der Waals surface area contributed by atoms with Crippen LogP contribution in [-0.2, 0) is 90.0 Å². The van der Waals surface area contributed by atoms with Crippen molar-refractivity contribution < 1.29 is 207 Å². The molecule has 0 bridgehead atoms. The van der Waals surface area contributed by atoms with Crippen LogP contribution >= 0.6 is 7.82 Å². The fourth-order valence-corrected chi connectivity index (χ4v) is 11.8. The molecule has 6 aliphatic heterocycles. The molecule has 0 saturated carbocycles. The van der Waals surface area contributed by atoms with Gasteiger partial charge in [0, 0.05) is 39.5 Å². The van der Waals surface area contributed by atoms with Crippen molar-refractivity contribution in [3.05, 3.63) is 0 Å². The first-order valence-corrected chi connectivity index (χ1v) is 29.5. The first kappa shape index (κ1) is 77.8. The second-order valence-electron chi connectivity index (χ2n) is 22.7.